The number of fused-ring (bicyclic) bond motifs is 1. The summed E-state index contributed by atoms with van der Waals surface area (Å²) < 4.78 is 43.5. The number of pyridine rings is 2. The van der Waals surface area contributed by atoms with E-state index in [1.165, 1.54) is 37.6 Å². The highest BCUT2D eigenvalue weighted by Crippen LogP contribution is 2.36. The van der Waals surface area contributed by atoms with Gasteiger partial charge < -0.3 is 10.4 Å². The number of benzene rings is 1. The number of aliphatic hydroxyl groups excluding tert-OH is 1. The molecule has 1 amide bonds. The highest BCUT2D eigenvalue weighted by molar-refractivity contribution is 6.32. The van der Waals surface area contributed by atoms with E-state index in [1.54, 1.807) is 24.3 Å². The summed E-state index contributed by atoms with van der Waals surface area (Å²) >= 11 is 6.20. The molecule has 0 radical (unpaired) electrons. The number of aromatic nitrogens is 7. The molecule has 0 aliphatic heterocycles. The zero-order chi connectivity index (χ0) is 26.3. The van der Waals surface area contributed by atoms with E-state index in [4.69, 9.17) is 11.6 Å². The molecule has 0 saturated heterocycles. The lowest BCUT2D eigenvalue weighted by molar-refractivity contribution is -0.143. The average Bonchev–Trinajstić information content (AvgIpc) is 3.54. The van der Waals surface area contributed by atoms with Crippen molar-refractivity contribution in [2.24, 2.45) is 0 Å². The first kappa shape index (κ1) is 24.3. The quantitative estimate of drug-likeness (QED) is 0.347. The van der Waals surface area contributed by atoms with Crippen molar-refractivity contribution in [1.82, 2.24) is 34.7 Å². The predicted molar refractivity (Wildman–Crippen MR) is 127 cm³/mol. The van der Waals surface area contributed by atoms with Gasteiger partial charge in [-0.3, -0.25) is 4.79 Å². The number of hydrogen-bond acceptors (Lipinski definition) is 7. The predicted octanol–water partition coefficient (Wildman–Crippen LogP) is 4.37. The van der Waals surface area contributed by atoms with Gasteiger partial charge in [0.2, 0.25) is 0 Å². The standard InChI is InChI=1S/C23H16ClF3N8O2/c1-12(36)18-9-19(14-4-2-3-5-17(14)33-18)34-20(23(25,26)27)15(11-31-34)22(37)32-13-8-16(24)21(28-10-13)35-29-6-7-30-35/h2-12,36H,1H3,(H,32,37). The van der Waals surface area contributed by atoms with Crippen molar-refractivity contribution in [3.63, 3.8) is 0 Å². The van der Waals surface area contributed by atoms with Crippen LogP contribution >= 0.6 is 11.6 Å². The van der Waals surface area contributed by atoms with Crippen molar-refractivity contribution in [2.75, 3.05) is 5.32 Å². The molecule has 4 heterocycles. The Hall–Kier alpha value is -4.36. The molecule has 0 fully saturated rings. The van der Waals surface area contributed by atoms with Crippen molar-refractivity contribution >= 4 is 34.1 Å². The first-order chi connectivity index (χ1) is 17.6. The van der Waals surface area contributed by atoms with Crippen LogP contribution in [0.3, 0.4) is 0 Å². The van der Waals surface area contributed by atoms with E-state index in [1.807, 2.05) is 0 Å². The Kier molecular flexibility index (Phi) is 6.09. The topological polar surface area (TPSA) is 124 Å². The molecule has 4 aromatic heterocycles. The third kappa shape index (κ3) is 4.61. The number of hydrogen-bond donors (Lipinski definition) is 2. The molecule has 1 unspecified atom stereocenters. The van der Waals surface area contributed by atoms with Crippen molar-refractivity contribution in [1.29, 1.82) is 0 Å². The minimum Gasteiger partial charge on any atom is -0.387 e. The van der Waals surface area contributed by atoms with Gasteiger partial charge in [-0.1, -0.05) is 29.8 Å². The van der Waals surface area contributed by atoms with Crippen LogP contribution in [0.15, 0.2) is 61.2 Å². The average molecular weight is 529 g/mol. The fraction of sp³-hybridized carbons (Fsp3) is 0.130. The molecular formula is C23H16ClF3N8O2. The van der Waals surface area contributed by atoms with Crippen LogP contribution in [0.2, 0.25) is 5.02 Å². The summed E-state index contributed by atoms with van der Waals surface area (Å²) in [5, 5.41) is 24.5. The summed E-state index contributed by atoms with van der Waals surface area (Å²) in [7, 11) is 0. The van der Waals surface area contributed by atoms with Gasteiger partial charge in [-0.05, 0) is 25.1 Å². The van der Waals surface area contributed by atoms with Crippen LogP contribution in [0.4, 0.5) is 18.9 Å². The van der Waals surface area contributed by atoms with E-state index >= 15 is 0 Å². The lowest BCUT2D eigenvalue weighted by Gasteiger charge is -2.16. The van der Waals surface area contributed by atoms with Gasteiger partial charge in [0.25, 0.3) is 5.91 Å². The molecule has 5 aromatic rings. The van der Waals surface area contributed by atoms with E-state index in [9.17, 15) is 23.1 Å². The number of nitrogens with one attached hydrogen (secondary N) is 1. The SMILES string of the molecule is CC(O)c1cc(-n2ncc(C(=O)Nc3cnc(-n4nccn4)c(Cl)c3)c2C(F)(F)F)c2ccccc2n1. The summed E-state index contributed by atoms with van der Waals surface area (Å²) in [4.78, 5) is 22.5. The monoisotopic (exact) mass is 528 g/mol. The number of amides is 1. The number of halogens is 4. The van der Waals surface area contributed by atoms with E-state index in [2.05, 4.69) is 30.6 Å². The first-order valence-corrected chi connectivity index (χ1v) is 11.1. The maximum Gasteiger partial charge on any atom is 0.434 e. The molecule has 1 aromatic carbocycles. The zero-order valence-corrected chi connectivity index (χ0v) is 19.6. The van der Waals surface area contributed by atoms with Gasteiger partial charge in [-0.2, -0.15) is 28.5 Å². The van der Waals surface area contributed by atoms with E-state index in [0.29, 0.717) is 15.6 Å². The van der Waals surface area contributed by atoms with Gasteiger partial charge >= 0.3 is 6.18 Å². The first-order valence-electron chi connectivity index (χ1n) is 10.7. The second-order valence-electron chi connectivity index (χ2n) is 7.88. The van der Waals surface area contributed by atoms with Crippen LogP contribution in [-0.4, -0.2) is 45.8 Å². The van der Waals surface area contributed by atoms with Crippen LogP contribution < -0.4 is 5.32 Å². The Labute approximate surface area is 211 Å². The molecule has 0 aliphatic carbocycles. The number of nitrogens with zero attached hydrogens (tertiary/aromatic N) is 7. The molecule has 5 rings (SSSR count). The van der Waals surface area contributed by atoms with Gasteiger partial charge in [0, 0.05) is 5.39 Å². The highest BCUT2D eigenvalue weighted by Gasteiger charge is 2.41. The Bertz CT molecular complexity index is 1620. The molecular weight excluding hydrogens is 513 g/mol. The minimum absolute atomic E-state index is 0.00802. The van der Waals surface area contributed by atoms with Crippen LogP contribution in [0.1, 0.15) is 34.8 Å². The number of alkyl halides is 3. The molecule has 0 bridgehead atoms. The molecule has 0 saturated carbocycles. The molecule has 188 valence electrons. The molecule has 0 spiro atoms. The van der Waals surface area contributed by atoms with Crippen molar-refractivity contribution in [3.8, 4) is 11.5 Å². The summed E-state index contributed by atoms with van der Waals surface area (Å²) in [6.45, 7) is 1.44. The van der Waals surface area contributed by atoms with Crippen molar-refractivity contribution in [2.45, 2.75) is 19.2 Å². The van der Waals surface area contributed by atoms with Crippen LogP contribution in [0, 0.1) is 0 Å². The van der Waals surface area contributed by atoms with Gasteiger partial charge in [0.15, 0.2) is 11.5 Å². The minimum atomic E-state index is -4.95. The van der Waals surface area contributed by atoms with Gasteiger partial charge in [0.1, 0.15) is 0 Å². The third-order valence-electron chi connectivity index (χ3n) is 5.34. The summed E-state index contributed by atoms with van der Waals surface area (Å²) in [5.41, 5.74) is -1.45. The maximum atomic E-state index is 14.3. The summed E-state index contributed by atoms with van der Waals surface area (Å²) in [6.07, 6.45) is -1.13. The maximum absolute atomic E-state index is 14.3. The fourth-order valence-corrected chi connectivity index (χ4v) is 3.95. The van der Waals surface area contributed by atoms with E-state index in [-0.39, 0.29) is 27.9 Å². The number of para-hydroxylation sites is 1. The Balaban J connectivity index is 1.57. The lowest BCUT2D eigenvalue weighted by Crippen LogP contribution is -2.21. The Morgan fingerprint density at radius 1 is 1.11 bits per heavy atom. The smallest absolute Gasteiger partial charge is 0.387 e. The van der Waals surface area contributed by atoms with Gasteiger partial charge in [0.05, 0.1) is 64.1 Å². The number of carbonyl (C=O) groups excluding carboxylic acids is 1. The van der Waals surface area contributed by atoms with Crippen LogP contribution in [-0.2, 0) is 6.18 Å². The van der Waals surface area contributed by atoms with Crippen LogP contribution in [0.25, 0.3) is 22.4 Å². The van der Waals surface area contributed by atoms with Crippen molar-refractivity contribution in [3.05, 3.63) is 83.2 Å². The molecule has 0 aliphatic rings. The molecule has 37 heavy (non-hydrogen) atoms. The normalized spacial score (nSPS) is 12.6. The van der Waals surface area contributed by atoms with Crippen molar-refractivity contribution < 1.29 is 23.1 Å². The largest absolute Gasteiger partial charge is 0.434 e. The number of anilines is 1. The van der Waals surface area contributed by atoms with Gasteiger partial charge in [-0.15, -0.1) is 4.80 Å². The zero-order valence-electron chi connectivity index (χ0n) is 18.8. The molecule has 10 nitrogen and oxygen atoms in total. The lowest BCUT2D eigenvalue weighted by atomic mass is 10.1. The number of carbonyl (C=O) groups is 1. The second-order valence-corrected chi connectivity index (χ2v) is 8.29. The number of aliphatic hydroxyl groups is 1. The highest BCUT2D eigenvalue weighted by atomic mass is 35.5. The van der Waals surface area contributed by atoms with Crippen LogP contribution in [0.5, 0.6) is 0 Å². The molecule has 2 N–H and O–H groups in total. The van der Waals surface area contributed by atoms with E-state index in [0.717, 1.165) is 11.0 Å². The third-order valence-corrected chi connectivity index (χ3v) is 5.62. The Morgan fingerprint density at radius 3 is 2.51 bits per heavy atom. The van der Waals surface area contributed by atoms with Gasteiger partial charge in [-0.25, -0.2) is 14.6 Å². The fourth-order valence-electron chi connectivity index (χ4n) is 3.71. The molecule has 1 atom stereocenters. The summed E-state index contributed by atoms with van der Waals surface area (Å²) in [5.74, 6) is -0.900. The van der Waals surface area contributed by atoms with E-state index < -0.39 is 29.4 Å². The Morgan fingerprint density at radius 2 is 1.84 bits per heavy atom. The molecule has 14 heteroatoms. The second kappa shape index (κ2) is 9.26. The summed E-state index contributed by atoms with van der Waals surface area (Å²) in [6, 6.07) is 9.11. The number of rotatable bonds is 5.